The van der Waals surface area contributed by atoms with Crippen molar-refractivity contribution >= 4 is 35.6 Å². The zero-order valence-electron chi connectivity index (χ0n) is 19.4. The van der Waals surface area contributed by atoms with E-state index >= 15 is 0 Å². The number of nitrogens with two attached hydrogens (primary N) is 2. The zero-order chi connectivity index (χ0) is 27.3. The molecule has 0 spiro atoms. The molecule has 0 radical (unpaired) electrons. The Morgan fingerprint density at radius 3 is 1.86 bits per heavy atom. The maximum Gasteiger partial charge on any atom is 0.328 e. The fourth-order valence-corrected chi connectivity index (χ4v) is 3.03. The summed E-state index contributed by atoms with van der Waals surface area (Å²) in [5.74, 6) is -6.10. The van der Waals surface area contributed by atoms with Crippen LogP contribution in [-0.2, 0) is 35.2 Å². The molecule has 4 unspecified atom stereocenters. The summed E-state index contributed by atoms with van der Waals surface area (Å²) in [5.41, 5.74) is 11.3. The van der Waals surface area contributed by atoms with Crippen molar-refractivity contribution in [1.82, 2.24) is 16.0 Å². The molecule has 0 heterocycles. The molecule has 0 aliphatic rings. The Morgan fingerprint density at radius 1 is 0.778 bits per heavy atom. The molecule has 0 bridgehead atoms. The molecule has 10 N–H and O–H groups in total. The second-order valence-corrected chi connectivity index (χ2v) is 7.94. The monoisotopic (exact) mass is 509 g/mol. The van der Waals surface area contributed by atoms with Gasteiger partial charge in [-0.3, -0.25) is 24.0 Å². The van der Waals surface area contributed by atoms with Gasteiger partial charge in [0.1, 0.15) is 18.1 Å². The van der Waals surface area contributed by atoms with Crippen molar-refractivity contribution in [2.24, 2.45) is 11.5 Å². The lowest BCUT2D eigenvalue weighted by molar-refractivity contribution is -0.143. The molecule has 36 heavy (non-hydrogen) atoms. The second kappa shape index (κ2) is 15.1. The van der Waals surface area contributed by atoms with Gasteiger partial charge in [-0.15, -0.1) is 0 Å². The summed E-state index contributed by atoms with van der Waals surface area (Å²) in [6, 6.07) is 2.84. The van der Waals surface area contributed by atoms with Gasteiger partial charge in [-0.05, 0) is 18.4 Å². The Bertz CT molecular complexity index is 941. The number of nitrogens with one attached hydrogen (secondary N) is 3. The fourth-order valence-electron chi connectivity index (χ4n) is 3.03. The number of carboxylic acid groups (broad SMARTS) is 2. The molecule has 0 aromatic heterocycles. The summed E-state index contributed by atoms with van der Waals surface area (Å²) in [6.07, 6.45) is -1.21. The van der Waals surface area contributed by atoms with Crippen molar-refractivity contribution in [3.63, 3.8) is 0 Å². The largest absolute Gasteiger partial charge is 0.481 e. The van der Waals surface area contributed by atoms with Gasteiger partial charge in [-0.25, -0.2) is 4.79 Å². The molecule has 0 fully saturated rings. The van der Waals surface area contributed by atoms with Crippen molar-refractivity contribution in [2.45, 2.75) is 56.3 Å². The molecule has 0 aliphatic carbocycles. The van der Waals surface area contributed by atoms with Crippen LogP contribution in [-0.4, -0.2) is 81.7 Å². The average molecular weight is 510 g/mol. The number of rotatable bonds is 16. The number of carbonyl (C=O) groups is 6. The number of carboxylic acids is 2. The Balaban J connectivity index is 3.08. The maximum atomic E-state index is 13.0. The first-order valence-electron chi connectivity index (χ1n) is 11.0. The second-order valence-electron chi connectivity index (χ2n) is 7.94. The van der Waals surface area contributed by atoms with Crippen LogP contribution in [0.3, 0.4) is 0 Å². The molecule has 14 heteroatoms. The van der Waals surface area contributed by atoms with Crippen LogP contribution in [0.25, 0.3) is 0 Å². The van der Waals surface area contributed by atoms with Crippen molar-refractivity contribution in [1.29, 1.82) is 0 Å². The Kier molecular flexibility index (Phi) is 12.5. The molecule has 198 valence electrons. The number of hydrogen-bond acceptors (Lipinski definition) is 8. The highest BCUT2D eigenvalue weighted by molar-refractivity contribution is 5.94. The van der Waals surface area contributed by atoms with Gasteiger partial charge in [-0.1, -0.05) is 30.3 Å². The van der Waals surface area contributed by atoms with Gasteiger partial charge < -0.3 is 42.7 Å². The average Bonchev–Trinajstić information content (AvgIpc) is 2.82. The van der Waals surface area contributed by atoms with E-state index in [4.69, 9.17) is 21.7 Å². The smallest absolute Gasteiger partial charge is 0.328 e. The van der Waals surface area contributed by atoms with Gasteiger partial charge in [0.05, 0.1) is 12.6 Å². The number of aliphatic hydroxyl groups excluding tert-OH is 1. The number of aliphatic carboxylic acids is 2. The summed E-state index contributed by atoms with van der Waals surface area (Å²) < 4.78 is 0. The SMILES string of the molecule is NC(=O)CCC(N)C(=O)NC(CCC(=O)O)C(=O)NC(Cc1ccccc1)C(=O)NC(CO)C(=O)O. The van der Waals surface area contributed by atoms with Gasteiger partial charge in [0.15, 0.2) is 0 Å². The first-order valence-corrected chi connectivity index (χ1v) is 11.0. The normalized spacial score (nSPS) is 13.9. The topological polar surface area (TPSA) is 251 Å². The third kappa shape index (κ3) is 10.9. The minimum absolute atomic E-state index is 0.0755. The van der Waals surface area contributed by atoms with E-state index in [9.17, 15) is 33.9 Å². The zero-order valence-corrected chi connectivity index (χ0v) is 19.4. The van der Waals surface area contributed by atoms with E-state index in [0.29, 0.717) is 5.56 Å². The molecule has 1 rings (SSSR count). The third-order valence-corrected chi connectivity index (χ3v) is 5.03. The molecule has 4 atom stereocenters. The number of benzene rings is 1. The minimum atomic E-state index is -1.63. The first kappa shape index (κ1) is 30.0. The van der Waals surface area contributed by atoms with E-state index < -0.39 is 72.8 Å². The summed E-state index contributed by atoms with van der Waals surface area (Å²) in [6.45, 7) is -0.895. The van der Waals surface area contributed by atoms with Crippen LogP contribution in [0, 0.1) is 0 Å². The van der Waals surface area contributed by atoms with Gasteiger partial charge in [-0.2, -0.15) is 0 Å². The van der Waals surface area contributed by atoms with E-state index in [-0.39, 0.29) is 25.7 Å². The predicted octanol–water partition coefficient (Wildman–Crippen LogP) is -2.78. The lowest BCUT2D eigenvalue weighted by Crippen LogP contribution is -2.58. The summed E-state index contributed by atoms with van der Waals surface area (Å²) in [5, 5.41) is 34.2. The summed E-state index contributed by atoms with van der Waals surface area (Å²) in [7, 11) is 0. The molecular formula is C22H31N5O9. The number of aliphatic hydroxyl groups is 1. The molecule has 0 saturated heterocycles. The van der Waals surface area contributed by atoms with Crippen molar-refractivity contribution in [3.8, 4) is 0 Å². The Hall–Kier alpha value is -4.04. The lowest BCUT2D eigenvalue weighted by Gasteiger charge is -2.25. The standard InChI is InChI=1S/C22H31N5O9/c23-13(6-8-17(24)29)19(32)25-14(7-9-18(30)31)20(33)26-15(10-12-4-2-1-3-5-12)21(34)27-16(11-28)22(35)36/h1-5,13-16,28H,6-11,23H2,(H2,24,29)(H,25,32)(H,26,33)(H,27,34)(H,30,31)(H,35,36). The van der Waals surface area contributed by atoms with E-state index in [2.05, 4.69) is 16.0 Å². The highest BCUT2D eigenvalue weighted by Gasteiger charge is 2.30. The van der Waals surface area contributed by atoms with Gasteiger partial charge >= 0.3 is 11.9 Å². The maximum absolute atomic E-state index is 13.0. The molecule has 1 aromatic carbocycles. The van der Waals surface area contributed by atoms with Gasteiger partial charge in [0, 0.05) is 19.3 Å². The van der Waals surface area contributed by atoms with Crippen LogP contribution >= 0.6 is 0 Å². The van der Waals surface area contributed by atoms with Gasteiger partial charge in [0.25, 0.3) is 0 Å². The highest BCUT2D eigenvalue weighted by Crippen LogP contribution is 2.07. The van der Waals surface area contributed by atoms with Crippen LogP contribution < -0.4 is 27.4 Å². The van der Waals surface area contributed by atoms with Crippen LogP contribution in [0.15, 0.2) is 30.3 Å². The minimum Gasteiger partial charge on any atom is -0.481 e. The molecule has 0 saturated carbocycles. The van der Waals surface area contributed by atoms with Gasteiger partial charge in [0.2, 0.25) is 23.6 Å². The molecular weight excluding hydrogens is 478 g/mol. The number of amides is 4. The van der Waals surface area contributed by atoms with Crippen LogP contribution in [0.2, 0.25) is 0 Å². The fraction of sp³-hybridized carbons (Fsp3) is 0.455. The van der Waals surface area contributed by atoms with E-state index in [1.807, 2.05) is 0 Å². The molecule has 0 aliphatic heterocycles. The summed E-state index contributed by atoms with van der Waals surface area (Å²) in [4.78, 5) is 71.3. The third-order valence-electron chi connectivity index (χ3n) is 5.03. The van der Waals surface area contributed by atoms with E-state index in [0.717, 1.165) is 0 Å². The van der Waals surface area contributed by atoms with Crippen molar-refractivity contribution in [2.75, 3.05) is 6.61 Å². The van der Waals surface area contributed by atoms with Crippen LogP contribution in [0.5, 0.6) is 0 Å². The Labute approximate surface area is 206 Å². The van der Waals surface area contributed by atoms with E-state index in [1.165, 1.54) is 0 Å². The summed E-state index contributed by atoms with van der Waals surface area (Å²) >= 11 is 0. The highest BCUT2D eigenvalue weighted by atomic mass is 16.4. The molecule has 14 nitrogen and oxygen atoms in total. The van der Waals surface area contributed by atoms with Crippen molar-refractivity contribution in [3.05, 3.63) is 35.9 Å². The van der Waals surface area contributed by atoms with Crippen LogP contribution in [0.4, 0.5) is 0 Å². The Morgan fingerprint density at radius 2 is 1.33 bits per heavy atom. The van der Waals surface area contributed by atoms with Crippen LogP contribution in [0.1, 0.15) is 31.2 Å². The van der Waals surface area contributed by atoms with E-state index in [1.54, 1.807) is 30.3 Å². The number of hydrogen-bond donors (Lipinski definition) is 8. The van der Waals surface area contributed by atoms with Crippen molar-refractivity contribution < 1.29 is 44.1 Å². The predicted molar refractivity (Wildman–Crippen MR) is 124 cm³/mol. The quantitative estimate of drug-likeness (QED) is 0.114. The number of carbonyl (C=O) groups excluding carboxylic acids is 4. The molecule has 4 amide bonds. The lowest BCUT2D eigenvalue weighted by atomic mass is 10.0. The first-order chi connectivity index (χ1) is 16.9. The number of primary amides is 1. The molecule has 1 aromatic rings.